The lowest BCUT2D eigenvalue weighted by molar-refractivity contribution is -0.131. The standard InChI is InChI=1S/C14H20N2O2/c1-11-7-8-16(13(11)10-17)14(18)9-15-12-5-3-2-4-6-12/h2-6,11,13,15,17H,7-10H2,1H3. The number of aliphatic hydroxyl groups excluding tert-OH is 1. The Balaban J connectivity index is 1.88. The van der Waals surface area contributed by atoms with Crippen molar-refractivity contribution in [2.75, 3.05) is 25.0 Å². The van der Waals surface area contributed by atoms with Gasteiger partial charge in [0.15, 0.2) is 0 Å². The van der Waals surface area contributed by atoms with Crippen LogP contribution < -0.4 is 5.32 Å². The predicted octanol–water partition coefficient (Wildman–Crippen LogP) is 1.33. The lowest BCUT2D eigenvalue weighted by Crippen LogP contribution is -2.42. The Morgan fingerprint density at radius 3 is 2.83 bits per heavy atom. The molecule has 0 spiro atoms. The van der Waals surface area contributed by atoms with Crippen LogP contribution >= 0.6 is 0 Å². The average Bonchev–Trinajstić information content (AvgIpc) is 2.78. The molecule has 2 N–H and O–H groups in total. The third-order valence-electron chi connectivity index (χ3n) is 3.61. The summed E-state index contributed by atoms with van der Waals surface area (Å²) in [5.41, 5.74) is 0.943. The van der Waals surface area contributed by atoms with Gasteiger partial charge >= 0.3 is 0 Å². The van der Waals surface area contributed by atoms with Crippen molar-refractivity contribution in [3.8, 4) is 0 Å². The Kier molecular flexibility index (Phi) is 4.20. The Labute approximate surface area is 108 Å². The van der Waals surface area contributed by atoms with Gasteiger partial charge in [-0.3, -0.25) is 4.79 Å². The molecule has 1 aromatic rings. The first-order valence-electron chi connectivity index (χ1n) is 6.41. The van der Waals surface area contributed by atoms with Crippen molar-refractivity contribution in [2.45, 2.75) is 19.4 Å². The number of aliphatic hydroxyl groups is 1. The number of anilines is 1. The van der Waals surface area contributed by atoms with Crippen LogP contribution in [0, 0.1) is 5.92 Å². The van der Waals surface area contributed by atoms with Crippen molar-refractivity contribution in [3.05, 3.63) is 30.3 Å². The maximum absolute atomic E-state index is 12.1. The molecule has 1 aliphatic rings. The summed E-state index contributed by atoms with van der Waals surface area (Å²) in [6.45, 7) is 3.17. The van der Waals surface area contributed by atoms with Gasteiger partial charge in [0.1, 0.15) is 0 Å². The highest BCUT2D eigenvalue weighted by atomic mass is 16.3. The van der Waals surface area contributed by atoms with Crippen LogP contribution in [0.3, 0.4) is 0 Å². The molecule has 1 amide bonds. The predicted molar refractivity (Wildman–Crippen MR) is 71.3 cm³/mol. The Morgan fingerprint density at radius 1 is 1.44 bits per heavy atom. The summed E-state index contributed by atoms with van der Waals surface area (Å²) >= 11 is 0. The summed E-state index contributed by atoms with van der Waals surface area (Å²) in [7, 11) is 0. The van der Waals surface area contributed by atoms with Gasteiger partial charge in [-0.1, -0.05) is 25.1 Å². The maximum atomic E-state index is 12.1. The van der Waals surface area contributed by atoms with Crippen LogP contribution in [-0.2, 0) is 4.79 Å². The highest BCUT2D eigenvalue weighted by Crippen LogP contribution is 2.23. The molecule has 18 heavy (non-hydrogen) atoms. The summed E-state index contributed by atoms with van der Waals surface area (Å²) in [6.07, 6.45) is 0.975. The van der Waals surface area contributed by atoms with Crippen molar-refractivity contribution in [1.82, 2.24) is 4.90 Å². The molecule has 4 heteroatoms. The summed E-state index contributed by atoms with van der Waals surface area (Å²) < 4.78 is 0. The van der Waals surface area contributed by atoms with E-state index in [-0.39, 0.29) is 25.1 Å². The van der Waals surface area contributed by atoms with E-state index in [1.165, 1.54) is 0 Å². The molecule has 0 saturated carbocycles. The molecule has 0 radical (unpaired) electrons. The number of para-hydroxylation sites is 1. The van der Waals surface area contributed by atoms with E-state index in [2.05, 4.69) is 12.2 Å². The van der Waals surface area contributed by atoms with Gasteiger partial charge in [-0.15, -0.1) is 0 Å². The van der Waals surface area contributed by atoms with E-state index >= 15 is 0 Å². The molecule has 1 saturated heterocycles. The fourth-order valence-electron chi connectivity index (χ4n) is 2.43. The zero-order chi connectivity index (χ0) is 13.0. The first-order valence-corrected chi connectivity index (χ1v) is 6.41. The van der Waals surface area contributed by atoms with Crippen LogP contribution in [0.4, 0.5) is 5.69 Å². The number of amides is 1. The number of hydrogen-bond acceptors (Lipinski definition) is 3. The minimum Gasteiger partial charge on any atom is -0.394 e. The zero-order valence-electron chi connectivity index (χ0n) is 10.7. The second-order valence-electron chi connectivity index (χ2n) is 4.82. The molecule has 1 aliphatic heterocycles. The number of carbonyl (C=O) groups excluding carboxylic acids is 1. The van der Waals surface area contributed by atoms with E-state index in [4.69, 9.17) is 0 Å². The molecule has 2 rings (SSSR count). The molecule has 0 aliphatic carbocycles. The number of carbonyl (C=O) groups is 1. The minimum absolute atomic E-state index is 0.0185. The van der Waals surface area contributed by atoms with Crippen LogP contribution in [0.1, 0.15) is 13.3 Å². The van der Waals surface area contributed by atoms with Gasteiger partial charge in [0, 0.05) is 12.2 Å². The summed E-state index contributed by atoms with van der Waals surface area (Å²) in [6, 6.07) is 9.65. The van der Waals surface area contributed by atoms with Gasteiger partial charge in [-0.2, -0.15) is 0 Å². The normalized spacial score (nSPS) is 23.1. The van der Waals surface area contributed by atoms with E-state index in [1.807, 2.05) is 30.3 Å². The topological polar surface area (TPSA) is 52.6 Å². The second-order valence-corrected chi connectivity index (χ2v) is 4.82. The quantitative estimate of drug-likeness (QED) is 0.845. The van der Waals surface area contributed by atoms with Crippen LogP contribution in [0.25, 0.3) is 0 Å². The van der Waals surface area contributed by atoms with Crippen LogP contribution in [0.2, 0.25) is 0 Å². The summed E-state index contributed by atoms with van der Waals surface area (Å²) in [4.78, 5) is 13.9. The van der Waals surface area contributed by atoms with Gasteiger partial charge in [0.25, 0.3) is 0 Å². The van der Waals surface area contributed by atoms with E-state index in [0.717, 1.165) is 18.7 Å². The van der Waals surface area contributed by atoms with Crippen molar-refractivity contribution in [2.24, 2.45) is 5.92 Å². The summed E-state index contributed by atoms with van der Waals surface area (Å²) in [5.74, 6) is 0.443. The van der Waals surface area contributed by atoms with E-state index in [9.17, 15) is 9.90 Å². The number of hydrogen-bond donors (Lipinski definition) is 2. The molecular formula is C14H20N2O2. The number of likely N-dealkylation sites (tertiary alicyclic amines) is 1. The Hall–Kier alpha value is -1.55. The largest absolute Gasteiger partial charge is 0.394 e. The van der Waals surface area contributed by atoms with Gasteiger partial charge in [-0.05, 0) is 24.5 Å². The highest BCUT2D eigenvalue weighted by Gasteiger charge is 2.33. The fraction of sp³-hybridized carbons (Fsp3) is 0.500. The van der Waals surface area contributed by atoms with Crippen molar-refractivity contribution in [1.29, 1.82) is 0 Å². The Morgan fingerprint density at radius 2 is 2.17 bits per heavy atom. The average molecular weight is 248 g/mol. The number of benzene rings is 1. The van der Waals surface area contributed by atoms with Gasteiger partial charge in [-0.25, -0.2) is 0 Å². The van der Waals surface area contributed by atoms with Gasteiger partial charge in [0.05, 0.1) is 19.2 Å². The number of nitrogens with zero attached hydrogens (tertiary/aromatic N) is 1. The molecule has 2 unspecified atom stereocenters. The van der Waals surface area contributed by atoms with E-state index in [1.54, 1.807) is 4.90 Å². The van der Waals surface area contributed by atoms with Crippen LogP contribution in [-0.4, -0.2) is 41.7 Å². The molecule has 1 heterocycles. The van der Waals surface area contributed by atoms with Crippen molar-refractivity contribution >= 4 is 11.6 Å². The molecule has 1 aromatic carbocycles. The zero-order valence-corrected chi connectivity index (χ0v) is 10.7. The lowest BCUT2D eigenvalue weighted by Gasteiger charge is -2.25. The highest BCUT2D eigenvalue weighted by molar-refractivity contribution is 5.81. The molecule has 4 nitrogen and oxygen atoms in total. The molecule has 0 bridgehead atoms. The van der Waals surface area contributed by atoms with Crippen molar-refractivity contribution < 1.29 is 9.90 Å². The minimum atomic E-state index is -0.0185. The second kappa shape index (κ2) is 5.87. The number of nitrogens with one attached hydrogen (secondary N) is 1. The van der Waals surface area contributed by atoms with E-state index in [0.29, 0.717) is 5.92 Å². The Bertz CT molecular complexity index is 394. The van der Waals surface area contributed by atoms with Crippen LogP contribution in [0.5, 0.6) is 0 Å². The smallest absolute Gasteiger partial charge is 0.242 e. The molecule has 98 valence electrons. The third kappa shape index (κ3) is 2.82. The third-order valence-corrected chi connectivity index (χ3v) is 3.61. The van der Waals surface area contributed by atoms with Crippen LogP contribution in [0.15, 0.2) is 30.3 Å². The molecular weight excluding hydrogens is 228 g/mol. The van der Waals surface area contributed by atoms with Gasteiger partial charge in [0.2, 0.25) is 5.91 Å². The van der Waals surface area contributed by atoms with Gasteiger partial charge < -0.3 is 15.3 Å². The number of rotatable bonds is 4. The van der Waals surface area contributed by atoms with Crippen molar-refractivity contribution in [3.63, 3.8) is 0 Å². The fourth-order valence-corrected chi connectivity index (χ4v) is 2.43. The monoisotopic (exact) mass is 248 g/mol. The first-order chi connectivity index (χ1) is 8.72. The first kappa shape index (κ1) is 12.9. The SMILES string of the molecule is CC1CCN(C(=O)CNc2ccccc2)C1CO. The van der Waals surface area contributed by atoms with E-state index < -0.39 is 0 Å². The molecule has 0 aromatic heterocycles. The summed E-state index contributed by atoms with van der Waals surface area (Å²) in [5, 5.41) is 12.4. The molecule has 1 fully saturated rings. The lowest BCUT2D eigenvalue weighted by atomic mass is 10.0. The molecule has 2 atom stereocenters. The maximum Gasteiger partial charge on any atom is 0.242 e.